The Kier molecular flexibility index (Phi) is 4.39. The van der Waals surface area contributed by atoms with Crippen molar-refractivity contribution in [2.75, 3.05) is 6.54 Å². The van der Waals surface area contributed by atoms with Crippen molar-refractivity contribution in [3.63, 3.8) is 0 Å². The molecule has 0 spiro atoms. The van der Waals surface area contributed by atoms with Crippen molar-refractivity contribution < 1.29 is 0 Å². The Hall–Kier alpha value is -0.890. The minimum absolute atomic E-state index is 0.0987. The molecule has 2 unspecified atom stereocenters. The smallest absolute Gasteiger partial charge is 0.0635 e. The largest absolute Gasteiger partial charge is 0.326 e. The lowest BCUT2D eigenvalue weighted by Crippen LogP contribution is -2.41. The molecule has 0 saturated heterocycles. The maximum Gasteiger partial charge on any atom is 0.0635 e. The van der Waals surface area contributed by atoms with E-state index >= 15 is 0 Å². The highest BCUT2D eigenvalue weighted by atomic mass is 32.1. The van der Waals surface area contributed by atoms with Gasteiger partial charge >= 0.3 is 0 Å². The van der Waals surface area contributed by atoms with Crippen LogP contribution >= 0.6 is 11.3 Å². The summed E-state index contributed by atoms with van der Waals surface area (Å²) in [6.07, 6.45) is 3.09. The number of aryl methyl sites for hydroxylation is 1. The van der Waals surface area contributed by atoms with E-state index in [1.165, 1.54) is 23.3 Å². The molecule has 1 aliphatic carbocycles. The number of rotatable bonds is 6. The van der Waals surface area contributed by atoms with E-state index in [0.29, 0.717) is 12.5 Å². The van der Waals surface area contributed by atoms with Gasteiger partial charge in [-0.15, -0.1) is 11.3 Å². The summed E-state index contributed by atoms with van der Waals surface area (Å²) in [6, 6.07) is 5.42. The number of nitrogens with two attached hydrogens (primary N) is 1. The molecule has 1 heterocycles. The van der Waals surface area contributed by atoms with E-state index in [2.05, 4.69) is 36.3 Å². The van der Waals surface area contributed by atoms with Crippen LogP contribution in [0.5, 0.6) is 0 Å². The molecule has 4 heteroatoms. The van der Waals surface area contributed by atoms with Crippen LogP contribution in [0.4, 0.5) is 0 Å². The van der Waals surface area contributed by atoms with Crippen molar-refractivity contribution >= 4 is 11.3 Å². The molecule has 1 saturated carbocycles. The summed E-state index contributed by atoms with van der Waals surface area (Å²) in [5.74, 6) is 0. The first-order valence-electron chi connectivity index (χ1n) is 6.57. The number of hydrogen-bond donors (Lipinski definition) is 1. The average molecular weight is 263 g/mol. The van der Waals surface area contributed by atoms with Gasteiger partial charge in [0.2, 0.25) is 0 Å². The summed E-state index contributed by atoms with van der Waals surface area (Å²) in [5.41, 5.74) is 7.54. The molecule has 0 aliphatic heterocycles. The Morgan fingerprint density at radius 2 is 2.33 bits per heavy atom. The van der Waals surface area contributed by atoms with Crippen LogP contribution in [-0.4, -0.2) is 23.5 Å². The Balaban J connectivity index is 2.22. The van der Waals surface area contributed by atoms with Gasteiger partial charge in [0.05, 0.1) is 12.1 Å². The molecule has 3 nitrogen and oxygen atoms in total. The minimum Gasteiger partial charge on any atom is -0.326 e. The summed E-state index contributed by atoms with van der Waals surface area (Å²) in [6.45, 7) is 5.06. The lowest BCUT2D eigenvalue weighted by Gasteiger charge is -2.34. The first-order valence-corrected chi connectivity index (χ1v) is 7.45. The quantitative estimate of drug-likeness (QED) is 0.858. The van der Waals surface area contributed by atoms with Crippen molar-refractivity contribution in [2.45, 2.75) is 51.2 Å². The van der Waals surface area contributed by atoms with E-state index in [1.807, 2.05) is 0 Å². The fourth-order valence-corrected chi connectivity index (χ4v) is 3.68. The molecule has 98 valence electrons. The van der Waals surface area contributed by atoms with Crippen LogP contribution in [-0.2, 0) is 0 Å². The molecule has 2 N–H and O–H groups in total. The van der Waals surface area contributed by atoms with E-state index in [4.69, 9.17) is 11.0 Å². The number of thiophene rings is 1. The SMILES string of the molecule is Cc1ccsc1C(C(C)N)N(CCC#N)C1CC1. The molecule has 2 rings (SSSR count). The third-order valence-corrected chi connectivity index (χ3v) is 4.61. The van der Waals surface area contributed by atoms with E-state index in [0.717, 1.165) is 6.54 Å². The van der Waals surface area contributed by atoms with Crippen molar-refractivity contribution in [1.82, 2.24) is 4.90 Å². The zero-order valence-electron chi connectivity index (χ0n) is 11.1. The molecule has 0 amide bonds. The molecule has 1 fully saturated rings. The summed E-state index contributed by atoms with van der Waals surface area (Å²) >= 11 is 1.79. The summed E-state index contributed by atoms with van der Waals surface area (Å²) < 4.78 is 0. The Labute approximate surface area is 113 Å². The normalized spacial score (nSPS) is 18.6. The summed E-state index contributed by atoms with van der Waals surface area (Å²) in [5, 5.41) is 11.0. The average Bonchev–Trinajstić information content (AvgIpc) is 3.08. The molecular formula is C14H21N3S. The topological polar surface area (TPSA) is 53.0 Å². The van der Waals surface area contributed by atoms with Gasteiger partial charge in [-0.2, -0.15) is 5.26 Å². The van der Waals surface area contributed by atoms with Gasteiger partial charge in [-0.3, -0.25) is 4.90 Å². The van der Waals surface area contributed by atoms with Crippen LogP contribution in [0, 0.1) is 18.3 Å². The maximum absolute atomic E-state index is 8.82. The van der Waals surface area contributed by atoms with Crippen molar-refractivity contribution in [1.29, 1.82) is 5.26 Å². The van der Waals surface area contributed by atoms with Gasteiger partial charge < -0.3 is 5.73 Å². The van der Waals surface area contributed by atoms with Gasteiger partial charge in [-0.1, -0.05) is 0 Å². The molecular weight excluding hydrogens is 242 g/mol. The van der Waals surface area contributed by atoms with E-state index in [-0.39, 0.29) is 12.1 Å². The third kappa shape index (κ3) is 2.92. The number of nitrogens with zero attached hydrogens (tertiary/aromatic N) is 2. The zero-order valence-corrected chi connectivity index (χ0v) is 11.9. The third-order valence-electron chi connectivity index (χ3n) is 3.52. The van der Waals surface area contributed by atoms with Gasteiger partial charge in [0.25, 0.3) is 0 Å². The highest BCUT2D eigenvalue weighted by Crippen LogP contribution is 2.38. The van der Waals surface area contributed by atoms with Gasteiger partial charge in [-0.05, 0) is 43.7 Å². The van der Waals surface area contributed by atoms with Crippen LogP contribution in [0.1, 0.15) is 42.7 Å². The Bertz CT molecular complexity index is 428. The molecule has 1 aromatic rings. The monoisotopic (exact) mass is 263 g/mol. The van der Waals surface area contributed by atoms with Crippen LogP contribution in [0.2, 0.25) is 0 Å². The van der Waals surface area contributed by atoms with Gasteiger partial charge in [0.15, 0.2) is 0 Å². The highest BCUT2D eigenvalue weighted by Gasteiger charge is 2.36. The lowest BCUT2D eigenvalue weighted by molar-refractivity contribution is 0.172. The second-order valence-electron chi connectivity index (χ2n) is 5.15. The van der Waals surface area contributed by atoms with Crippen molar-refractivity contribution in [3.05, 3.63) is 21.9 Å². The highest BCUT2D eigenvalue weighted by molar-refractivity contribution is 7.10. The minimum atomic E-state index is 0.0987. The predicted octanol–water partition coefficient (Wildman–Crippen LogP) is 2.82. The van der Waals surface area contributed by atoms with E-state index < -0.39 is 0 Å². The zero-order chi connectivity index (χ0) is 13.1. The van der Waals surface area contributed by atoms with Crippen LogP contribution in [0.25, 0.3) is 0 Å². The molecule has 1 aromatic heterocycles. The Morgan fingerprint density at radius 3 is 2.78 bits per heavy atom. The molecule has 0 radical (unpaired) electrons. The van der Waals surface area contributed by atoms with E-state index in [9.17, 15) is 0 Å². The van der Waals surface area contributed by atoms with Crippen LogP contribution in [0.15, 0.2) is 11.4 Å². The fraction of sp³-hybridized carbons (Fsp3) is 0.643. The van der Waals surface area contributed by atoms with Crippen molar-refractivity contribution in [2.24, 2.45) is 5.73 Å². The molecule has 0 aromatic carbocycles. The Morgan fingerprint density at radius 1 is 1.61 bits per heavy atom. The number of hydrogen-bond acceptors (Lipinski definition) is 4. The van der Waals surface area contributed by atoms with Gasteiger partial charge in [-0.25, -0.2) is 0 Å². The molecule has 0 bridgehead atoms. The summed E-state index contributed by atoms with van der Waals surface area (Å²) in [4.78, 5) is 3.82. The predicted molar refractivity (Wildman–Crippen MR) is 75.4 cm³/mol. The second kappa shape index (κ2) is 5.83. The van der Waals surface area contributed by atoms with Gasteiger partial charge in [0.1, 0.15) is 0 Å². The second-order valence-corrected chi connectivity index (χ2v) is 6.10. The van der Waals surface area contributed by atoms with Crippen molar-refractivity contribution in [3.8, 4) is 6.07 Å². The molecule has 1 aliphatic rings. The molecule has 2 atom stereocenters. The standard InChI is InChI=1S/C14H21N3S/c1-10-6-9-18-14(10)13(11(2)16)17(8-3-7-15)12-4-5-12/h6,9,11-13H,3-5,8,16H2,1-2H3. The lowest BCUT2D eigenvalue weighted by atomic mass is 10.0. The van der Waals surface area contributed by atoms with Crippen LogP contribution < -0.4 is 5.73 Å². The van der Waals surface area contributed by atoms with Crippen LogP contribution in [0.3, 0.4) is 0 Å². The fourth-order valence-electron chi connectivity index (χ4n) is 2.51. The summed E-state index contributed by atoms with van der Waals surface area (Å²) in [7, 11) is 0. The number of nitriles is 1. The first-order chi connectivity index (χ1) is 8.65. The van der Waals surface area contributed by atoms with E-state index in [1.54, 1.807) is 11.3 Å². The first kappa shape index (κ1) is 13.5. The maximum atomic E-state index is 8.82. The molecule has 18 heavy (non-hydrogen) atoms. The van der Waals surface area contributed by atoms with Gasteiger partial charge in [0, 0.05) is 29.9 Å².